The maximum atomic E-state index is 12.7. The van der Waals surface area contributed by atoms with Gasteiger partial charge in [-0.15, -0.1) is 0 Å². The van der Waals surface area contributed by atoms with Crippen LogP contribution in [0.15, 0.2) is 48.5 Å². The van der Waals surface area contributed by atoms with Gasteiger partial charge in [-0.05, 0) is 48.7 Å². The highest BCUT2D eigenvalue weighted by Crippen LogP contribution is 2.54. The summed E-state index contributed by atoms with van der Waals surface area (Å²) in [5, 5.41) is 2.93. The van der Waals surface area contributed by atoms with Crippen LogP contribution >= 0.6 is 0 Å². The third-order valence-corrected chi connectivity index (χ3v) is 6.10. The standard InChI is InChI=1S/C21H23F3N2O3S/c1-13(14-4-10-17(11-5-14)26-30(3,28)29)25-19(27)18-12-20(18,2)15-6-8-16(9-7-15)21(22,23)24/h4-11,13,18,26H,12H2,1-3H3,(H,25,27)/t13?,18-,20+/m0/s1. The summed E-state index contributed by atoms with van der Waals surface area (Å²) in [7, 11) is -3.36. The quantitative estimate of drug-likeness (QED) is 0.706. The molecule has 162 valence electrons. The minimum atomic E-state index is -4.39. The van der Waals surface area contributed by atoms with Crippen molar-refractivity contribution in [2.75, 3.05) is 11.0 Å². The zero-order valence-corrected chi connectivity index (χ0v) is 17.6. The summed E-state index contributed by atoms with van der Waals surface area (Å²) in [6, 6.07) is 11.3. The van der Waals surface area contributed by atoms with E-state index in [9.17, 15) is 26.4 Å². The predicted molar refractivity (Wildman–Crippen MR) is 108 cm³/mol. The van der Waals surface area contributed by atoms with E-state index in [4.69, 9.17) is 0 Å². The van der Waals surface area contributed by atoms with Gasteiger partial charge in [-0.2, -0.15) is 13.2 Å². The number of hydrogen-bond acceptors (Lipinski definition) is 3. The molecular weight excluding hydrogens is 417 g/mol. The maximum Gasteiger partial charge on any atom is 0.416 e. The fraction of sp³-hybridized carbons (Fsp3) is 0.381. The number of anilines is 1. The van der Waals surface area contributed by atoms with Crippen molar-refractivity contribution in [2.45, 2.75) is 37.9 Å². The highest BCUT2D eigenvalue weighted by Gasteiger charge is 2.55. The van der Waals surface area contributed by atoms with E-state index in [2.05, 4.69) is 10.0 Å². The molecular formula is C21H23F3N2O3S. The van der Waals surface area contributed by atoms with Gasteiger partial charge >= 0.3 is 6.18 Å². The van der Waals surface area contributed by atoms with E-state index in [-0.39, 0.29) is 17.9 Å². The van der Waals surface area contributed by atoms with Gasteiger partial charge in [-0.3, -0.25) is 9.52 Å². The first-order valence-corrected chi connectivity index (χ1v) is 11.2. The number of benzene rings is 2. The van der Waals surface area contributed by atoms with Crippen molar-refractivity contribution in [3.8, 4) is 0 Å². The van der Waals surface area contributed by atoms with Crippen LogP contribution in [0.25, 0.3) is 0 Å². The lowest BCUT2D eigenvalue weighted by molar-refractivity contribution is -0.137. The van der Waals surface area contributed by atoms with Gasteiger partial charge in [0.1, 0.15) is 0 Å². The minimum absolute atomic E-state index is 0.164. The van der Waals surface area contributed by atoms with Crippen molar-refractivity contribution in [3.05, 3.63) is 65.2 Å². The van der Waals surface area contributed by atoms with Crippen molar-refractivity contribution in [1.29, 1.82) is 0 Å². The summed E-state index contributed by atoms with van der Waals surface area (Å²) in [5.74, 6) is -0.480. The molecule has 0 bridgehead atoms. The van der Waals surface area contributed by atoms with Crippen LogP contribution < -0.4 is 10.0 Å². The molecule has 0 aromatic heterocycles. The first kappa shape index (κ1) is 22.1. The molecule has 30 heavy (non-hydrogen) atoms. The second-order valence-electron chi connectivity index (χ2n) is 7.98. The van der Waals surface area contributed by atoms with E-state index in [0.717, 1.165) is 24.0 Å². The Morgan fingerprint density at radius 2 is 1.67 bits per heavy atom. The van der Waals surface area contributed by atoms with Crippen LogP contribution in [0.5, 0.6) is 0 Å². The molecule has 0 saturated heterocycles. The monoisotopic (exact) mass is 440 g/mol. The number of amides is 1. The number of carbonyl (C=O) groups is 1. The first-order chi connectivity index (χ1) is 13.8. The molecule has 9 heteroatoms. The number of carbonyl (C=O) groups excluding carboxylic acids is 1. The average molecular weight is 440 g/mol. The van der Waals surface area contributed by atoms with E-state index < -0.39 is 27.2 Å². The molecule has 3 atom stereocenters. The Morgan fingerprint density at radius 3 is 2.17 bits per heavy atom. The molecule has 1 unspecified atom stereocenters. The van der Waals surface area contributed by atoms with Crippen LogP contribution in [0.3, 0.4) is 0 Å². The van der Waals surface area contributed by atoms with Crippen molar-refractivity contribution >= 4 is 21.6 Å². The topological polar surface area (TPSA) is 75.3 Å². The number of sulfonamides is 1. The predicted octanol–water partition coefficient (Wildman–Crippen LogP) is 4.23. The van der Waals surface area contributed by atoms with Crippen LogP contribution in [0.1, 0.15) is 43.0 Å². The van der Waals surface area contributed by atoms with E-state index >= 15 is 0 Å². The Labute approximate surface area is 173 Å². The van der Waals surface area contributed by atoms with Crippen LogP contribution in [0.2, 0.25) is 0 Å². The van der Waals surface area contributed by atoms with E-state index in [1.165, 1.54) is 12.1 Å². The minimum Gasteiger partial charge on any atom is -0.349 e. The molecule has 0 aliphatic heterocycles. The fourth-order valence-corrected chi connectivity index (χ4v) is 4.12. The number of alkyl halides is 3. The summed E-state index contributed by atoms with van der Waals surface area (Å²) in [6.45, 7) is 3.69. The molecule has 2 N–H and O–H groups in total. The number of nitrogens with one attached hydrogen (secondary N) is 2. The second kappa shape index (κ2) is 7.61. The lowest BCUT2D eigenvalue weighted by atomic mass is 9.94. The molecule has 0 radical (unpaired) electrons. The fourth-order valence-electron chi connectivity index (χ4n) is 3.56. The number of hydrogen-bond donors (Lipinski definition) is 2. The SMILES string of the molecule is CC(NC(=O)[C@@H]1C[C@]1(C)c1ccc(C(F)(F)F)cc1)c1ccc(NS(C)(=O)=O)cc1. The second-order valence-corrected chi connectivity index (χ2v) is 9.72. The highest BCUT2D eigenvalue weighted by molar-refractivity contribution is 7.92. The third-order valence-electron chi connectivity index (χ3n) is 5.50. The third kappa shape index (κ3) is 4.95. The molecule has 2 aromatic rings. The Hall–Kier alpha value is -2.55. The molecule has 1 aliphatic rings. The summed E-state index contributed by atoms with van der Waals surface area (Å²) in [4.78, 5) is 12.7. The molecule has 3 rings (SSSR count). The lowest BCUT2D eigenvalue weighted by Crippen LogP contribution is -2.30. The normalized spacial score (nSPS) is 22.3. The molecule has 2 aromatic carbocycles. The average Bonchev–Trinajstić information content (AvgIpc) is 3.34. The highest BCUT2D eigenvalue weighted by atomic mass is 32.2. The summed E-state index contributed by atoms with van der Waals surface area (Å²) >= 11 is 0. The van der Waals surface area contributed by atoms with Crippen LogP contribution in [0, 0.1) is 5.92 Å². The largest absolute Gasteiger partial charge is 0.416 e. The smallest absolute Gasteiger partial charge is 0.349 e. The van der Waals surface area contributed by atoms with E-state index in [0.29, 0.717) is 17.7 Å². The molecule has 1 fully saturated rings. The van der Waals surface area contributed by atoms with E-state index in [1.807, 2.05) is 13.8 Å². The number of rotatable bonds is 6. The van der Waals surface area contributed by atoms with Gasteiger partial charge in [0.05, 0.1) is 17.9 Å². The Bertz CT molecular complexity index is 1030. The molecule has 1 saturated carbocycles. The van der Waals surface area contributed by atoms with Gasteiger partial charge in [0.15, 0.2) is 0 Å². The maximum absolute atomic E-state index is 12.7. The summed E-state index contributed by atoms with van der Waals surface area (Å²) < 4.78 is 63.2. The zero-order valence-electron chi connectivity index (χ0n) is 16.7. The molecule has 5 nitrogen and oxygen atoms in total. The lowest BCUT2D eigenvalue weighted by Gasteiger charge is -2.17. The van der Waals surface area contributed by atoms with Gasteiger partial charge in [0.2, 0.25) is 15.9 Å². The van der Waals surface area contributed by atoms with Crippen LogP contribution in [0.4, 0.5) is 18.9 Å². The summed E-state index contributed by atoms with van der Waals surface area (Å²) in [6.07, 6.45) is -2.76. The van der Waals surface area contributed by atoms with Gasteiger partial charge in [0, 0.05) is 17.0 Å². The Morgan fingerprint density at radius 1 is 1.10 bits per heavy atom. The Kier molecular flexibility index (Phi) is 5.62. The molecule has 0 heterocycles. The summed E-state index contributed by atoms with van der Waals surface area (Å²) in [5.41, 5.74) is 0.742. The first-order valence-electron chi connectivity index (χ1n) is 9.35. The number of halogens is 3. The molecule has 0 spiro atoms. The van der Waals surface area contributed by atoms with Crippen molar-refractivity contribution in [3.63, 3.8) is 0 Å². The van der Waals surface area contributed by atoms with Crippen LogP contribution in [-0.4, -0.2) is 20.6 Å². The zero-order chi connectivity index (χ0) is 22.3. The van der Waals surface area contributed by atoms with Gasteiger partial charge in [-0.25, -0.2) is 8.42 Å². The van der Waals surface area contributed by atoms with Gasteiger partial charge < -0.3 is 5.32 Å². The van der Waals surface area contributed by atoms with Crippen molar-refractivity contribution < 1.29 is 26.4 Å². The van der Waals surface area contributed by atoms with Gasteiger partial charge in [-0.1, -0.05) is 31.2 Å². The molecule has 1 amide bonds. The van der Waals surface area contributed by atoms with Crippen molar-refractivity contribution in [1.82, 2.24) is 5.32 Å². The Balaban J connectivity index is 1.63. The molecule has 1 aliphatic carbocycles. The van der Waals surface area contributed by atoms with Gasteiger partial charge in [0.25, 0.3) is 0 Å². The van der Waals surface area contributed by atoms with E-state index in [1.54, 1.807) is 24.3 Å². The van der Waals surface area contributed by atoms with Crippen molar-refractivity contribution in [2.24, 2.45) is 5.92 Å². The van der Waals surface area contributed by atoms with Crippen LogP contribution in [-0.2, 0) is 26.4 Å².